The average Bonchev–Trinajstić information content (AvgIpc) is 0. The molecule has 30 valence electrons. The zero-order valence-electron chi connectivity index (χ0n) is 1.53. The van der Waals surface area contributed by atoms with Gasteiger partial charge in [-0.2, -0.15) is 0 Å². The number of hydrogen-bond donors (Lipinski definition) is 0. The summed E-state index contributed by atoms with van der Waals surface area (Å²) >= 11 is 0. The van der Waals surface area contributed by atoms with Crippen LogP contribution in [0.4, 0.5) is 0 Å². The molecule has 0 aromatic rings. The van der Waals surface area contributed by atoms with Crippen LogP contribution < -0.4 is 0 Å². The van der Waals surface area contributed by atoms with Gasteiger partial charge in [-0.15, -0.1) is 17.0 Å². The fraction of sp³-hybridized carbons (Fsp3) is 0. The predicted molar refractivity (Wildman–Crippen MR) is 10.3 cm³/mol. The minimum Gasteiger partial charge on any atom is -0.114 e. The van der Waals surface area contributed by atoms with Gasteiger partial charge in [0, 0.05) is 54.9 Å². The first-order valence-corrected chi connectivity index (χ1v) is 0. The summed E-state index contributed by atoms with van der Waals surface area (Å²) in [4.78, 5) is 0. The van der Waals surface area contributed by atoms with Gasteiger partial charge in [0.1, 0.15) is 0 Å². The molecule has 4 heavy (non-hydrogen) atoms. The molecule has 0 fully saturated rings. The largest absolute Gasteiger partial charge is 0.114 e. The van der Waals surface area contributed by atoms with E-state index in [1.807, 2.05) is 0 Å². The van der Waals surface area contributed by atoms with E-state index >= 15 is 0 Å². The van der Waals surface area contributed by atoms with E-state index in [-0.39, 0.29) is 71.9 Å². The first-order valence-electron chi connectivity index (χ1n) is 0. The smallest absolute Gasteiger partial charge is 0 e. The van der Waals surface area contributed by atoms with E-state index in [2.05, 4.69) is 0 Å². The molecule has 0 atom stereocenters. The molecule has 0 saturated heterocycles. The molecule has 0 aliphatic rings. The molecule has 0 rings (SSSR count). The quantitative estimate of drug-likeness (QED) is 0.572. The number of halogens is 1. The summed E-state index contributed by atoms with van der Waals surface area (Å²) in [6.45, 7) is 0. The van der Waals surface area contributed by atoms with Gasteiger partial charge in [-0.25, -0.2) is 0 Å². The summed E-state index contributed by atoms with van der Waals surface area (Å²) < 4.78 is 0. The van der Waals surface area contributed by atoms with Crippen LogP contribution in [0.3, 0.4) is 0 Å². The molecule has 0 heterocycles. The van der Waals surface area contributed by atoms with Gasteiger partial charge in [0.25, 0.3) is 0 Å². The van der Waals surface area contributed by atoms with Crippen molar-refractivity contribution in [3.63, 3.8) is 0 Å². The molecule has 0 bridgehead atoms. The third-order valence-electron chi connectivity index (χ3n) is 0. The molecular formula is HBrCoMnMo. The van der Waals surface area contributed by atoms with Crippen LogP contribution in [0.5, 0.6) is 0 Å². The Balaban J connectivity index is 0. The fourth-order valence-electron chi connectivity index (χ4n) is 0. The van der Waals surface area contributed by atoms with Crippen molar-refractivity contribution in [2.75, 3.05) is 0 Å². The van der Waals surface area contributed by atoms with Crippen LogP contribution in [-0.2, 0) is 54.9 Å². The van der Waals surface area contributed by atoms with Crippen LogP contribution >= 0.6 is 17.0 Å². The van der Waals surface area contributed by atoms with Crippen molar-refractivity contribution < 1.29 is 54.9 Å². The van der Waals surface area contributed by atoms with Crippen molar-refractivity contribution in [2.45, 2.75) is 0 Å². The van der Waals surface area contributed by atoms with Crippen LogP contribution in [0, 0.1) is 0 Å². The minimum atomic E-state index is 0. The van der Waals surface area contributed by atoms with E-state index in [9.17, 15) is 0 Å². The molecule has 2 radical (unpaired) electrons. The van der Waals surface area contributed by atoms with Gasteiger partial charge in [0.05, 0.1) is 0 Å². The Hall–Kier alpha value is 2.19. The van der Waals surface area contributed by atoms with E-state index in [0.29, 0.717) is 0 Å². The standard InChI is InChI=1S/BrH.Co.Mn.Mo/h1H;;;. The topological polar surface area (TPSA) is 0 Å². The summed E-state index contributed by atoms with van der Waals surface area (Å²) in [6.07, 6.45) is 0. The Morgan fingerprint density at radius 3 is 1.00 bits per heavy atom. The SMILES string of the molecule is Br.[Co].[Mn].[Mo]. The molecule has 0 spiro atoms. The zero-order valence-corrected chi connectivity index (χ0v) is 7.47. The van der Waals surface area contributed by atoms with Crippen LogP contribution in [0.2, 0.25) is 0 Å². The second-order valence-electron chi connectivity index (χ2n) is 0. The van der Waals surface area contributed by atoms with Gasteiger partial charge >= 0.3 is 0 Å². The number of rotatable bonds is 0. The van der Waals surface area contributed by atoms with Gasteiger partial charge in [-0.3, -0.25) is 0 Å². The molecular weight excluding hydrogens is 290 g/mol. The molecule has 0 aliphatic carbocycles. The van der Waals surface area contributed by atoms with Crippen LogP contribution in [0.15, 0.2) is 0 Å². The van der Waals surface area contributed by atoms with Gasteiger partial charge in [0.15, 0.2) is 0 Å². The first kappa shape index (κ1) is 34.7. The molecule has 0 unspecified atom stereocenters. The zero-order chi connectivity index (χ0) is 0. The normalized spacial score (nSPS) is 0. The number of hydrogen-bond acceptors (Lipinski definition) is 0. The van der Waals surface area contributed by atoms with Gasteiger partial charge in [0.2, 0.25) is 0 Å². The Bertz CT molecular complexity index is 8.00. The van der Waals surface area contributed by atoms with Crippen molar-refractivity contribution in [3.8, 4) is 0 Å². The monoisotopic (exact) mass is 292 g/mol. The molecule has 0 aromatic heterocycles. The van der Waals surface area contributed by atoms with E-state index in [4.69, 9.17) is 0 Å². The third-order valence-corrected chi connectivity index (χ3v) is 0. The molecule has 0 amide bonds. The molecule has 4 heteroatoms. The van der Waals surface area contributed by atoms with Crippen molar-refractivity contribution >= 4 is 17.0 Å². The Kier molecular flexibility index (Phi) is 165. The molecule has 0 nitrogen and oxygen atoms in total. The summed E-state index contributed by atoms with van der Waals surface area (Å²) in [6, 6.07) is 0. The average molecular weight is 291 g/mol. The first-order chi connectivity index (χ1) is 0. The fourth-order valence-corrected chi connectivity index (χ4v) is 0. The molecule has 0 N–H and O–H groups in total. The molecule has 0 aromatic carbocycles. The Morgan fingerprint density at radius 1 is 1.00 bits per heavy atom. The van der Waals surface area contributed by atoms with E-state index in [0.717, 1.165) is 0 Å². The Labute approximate surface area is 71.2 Å². The van der Waals surface area contributed by atoms with Crippen molar-refractivity contribution in [2.24, 2.45) is 0 Å². The summed E-state index contributed by atoms with van der Waals surface area (Å²) in [7, 11) is 0. The molecule has 0 saturated carbocycles. The van der Waals surface area contributed by atoms with Gasteiger partial charge in [-0.1, -0.05) is 0 Å². The third kappa shape index (κ3) is 8.89. The van der Waals surface area contributed by atoms with E-state index in [1.54, 1.807) is 0 Å². The molecule has 0 aliphatic heterocycles. The predicted octanol–water partition coefficient (Wildman–Crippen LogP) is 0.570. The van der Waals surface area contributed by atoms with Crippen molar-refractivity contribution in [1.82, 2.24) is 0 Å². The maximum atomic E-state index is 0. The van der Waals surface area contributed by atoms with E-state index < -0.39 is 0 Å². The second-order valence-corrected chi connectivity index (χ2v) is 0. The van der Waals surface area contributed by atoms with E-state index in [1.165, 1.54) is 0 Å². The Morgan fingerprint density at radius 2 is 1.00 bits per heavy atom. The summed E-state index contributed by atoms with van der Waals surface area (Å²) in [5.74, 6) is 0. The van der Waals surface area contributed by atoms with Crippen molar-refractivity contribution in [3.05, 3.63) is 0 Å². The maximum Gasteiger partial charge on any atom is 0 e. The van der Waals surface area contributed by atoms with Crippen LogP contribution in [0.25, 0.3) is 0 Å². The van der Waals surface area contributed by atoms with Crippen LogP contribution in [0.1, 0.15) is 0 Å². The van der Waals surface area contributed by atoms with Crippen molar-refractivity contribution in [1.29, 1.82) is 0 Å². The van der Waals surface area contributed by atoms with Gasteiger partial charge in [-0.05, 0) is 0 Å². The van der Waals surface area contributed by atoms with Crippen LogP contribution in [-0.4, -0.2) is 0 Å². The maximum absolute atomic E-state index is 0. The minimum absolute atomic E-state index is 0. The second kappa shape index (κ2) is 19.0. The summed E-state index contributed by atoms with van der Waals surface area (Å²) in [5.41, 5.74) is 0. The summed E-state index contributed by atoms with van der Waals surface area (Å²) in [5, 5.41) is 0. The van der Waals surface area contributed by atoms with Gasteiger partial charge < -0.3 is 0 Å².